The van der Waals surface area contributed by atoms with Gasteiger partial charge in [-0.2, -0.15) is 0 Å². The molecule has 76 valence electrons. The van der Waals surface area contributed by atoms with E-state index in [1.54, 1.807) is 0 Å². The van der Waals surface area contributed by atoms with Gasteiger partial charge in [-0.1, -0.05) is 27.5 Å². The maximum Gasteiger partial charge on any atom is 0.0640 e. The zero-order valence-electron chi connectivity index (χ0n) is 7.71. The van der Waals surface area contributed by atoms with E-state index >= 15 is 0 Å². The van der Waals surface area contributed by atoms with E-state index in [0.717, 1.165) is 34.7 Å². The van der Waals surface area contributed by atoms with Gasteiger partial charge in [-0.05, 0) is 24.6 Å². The van der Waals surface area contributed by atoms with Crippen molar-refractivity contribution in [3.63, 3.8) is 0 Å². The second kappa shape index (κ2) is 4.09. The minimum absolute atomic E-state index is 0.282. The van der Waals surface area contributed by atoms with Gasteiger partial charge in [-0.15, -0.1) is 0 Å². The van der Waals surface area contributed by atoms with Crippen molar-refractivity contribution in [3.05, 3.63) is 27.7 Å². The molecule has 0 saturated carbocycles. The maximum atomic E-state index is 6.12. The third-order valence-electron chi connectivity index (χ3n) is 2.47. The quantitative estimate of drug-likeness (QED) is 0.854. The molecule has 0 aromatic heterocycles. The van der Waals surface area contributed by atoms with E-state index in [-0.39, 0.29) is 6.04 Å². The van der Waals surface area contributed by atoms with Crippen LogP contribution in [0.4, 0.5) is 5.69 Å². The molecule has 4 heteroatoms. The molecular weight excluding hydrogens is 263 g/mol. The number of rotatable bonds is 1. The molecule has 1 fully saturated rings. The maximum absolute atomic E-state index is 6.12. The van der Waals surface area contributed by atoms with Crippen LogP contribution in [0.15, 0.2) is 22.7 Å². The molecule has 2 nitrogen and oxygen atoms in total. The van der Waals surface area contributed by atoms with Gasteiger partial charge in [-0.3, -0.25) is 0 Å². The van der Waals surface area contributed by atoms with E-state index in [1.807, 2.05) is 18.2 Å². The Balaban J connectivity index is 2.27. The van der Waals surface area contributed by atoms with Crippen LogP contribution < -0.4 is 10.6 Å². The van der Waals surface area contributed by atoms with Gasteiger partial charge in [0.15, 0.2) is 0 Å². The Kier molecular flexibility index (Phi) is 3.00. The lowest BCUT2D eigenvalue weighted by atomic mass is 10.3. The van der Waals surface area contributed by atoms with E-state index in [4.69, 9.17) is 17.3 Å². The summed E-state index contributed by atoms with van der Waals surface area (Å²) in [5, 5.41) is 0.794. The van der Waals surface area contributed by atoms with Crippen LogP contribution in [-0.2, 0) is 0 Å². The lowest BCUT2D eigenvalue weighted by molar-refractivity contribution is 0.752. The molecule has 1 atom stereocenters. The molecule has 1 saturated heterocycles. The van der Waals surface area contributed by atoms with Crippen molar-refractivity contribution in [2.24, 2.45) is 5.73 Å². The summed E-state index contributed by atoms with van der Waals surface area (Å²) < 4.78 is 1.05. The molecule has 1 aromatic carbocycles. The average molecular weight is 276 g/mol. The summed E-state index contributed by atoms with van der Waals surface area (Å²) in [6.07, 6.45) is 1.04. The number of hydrogen-bond donors (Lipinski definition) is 1. The molecule has 1 aliphatic rings. The normalized spacial score (nSPS) is 21.6. The van der Waals surface area contributed by atoms with Crippen LogP contribution in [0, 0.1) is 0 Å². The van der Waals surface area contributed by atoms with Gasteiger partial charge < -0.3 is 10.6 Å². The summed E-state index contributed by atoms with van der Waals surface area (Å²) in [5.41, 5.74) is 6.93. The van der Waals surface area contributed by atoms with Crippen LogP contribution in [0.3, 0.4) is 0 Å². The summed E-state index contributed by atoms with van der Waals surface area (Å²) in [4.78, 5) is 2.23. The highest BCUT2D eigenvalue weighted by Gasteiger charge is 2.20. The fraction of sp³-hybridized carbons (Fsp3) is 0.400. The molecular formula is C10H12BrClN2. The van der Waals surface area contributed by atoms with Gasteiger partial charge in [0.1, 0.15) is 0 Å². The van der Waals surface area contributed by atoms with Crippen molar-refractivity contribution in [1.29, 1.82) is 0 Å². The first-order valence-corrected chi connectivity index (χ1v) is 5.79. The topological polar surface area (TPSA) is 29.3 Å². The largest absolute Gasteiger partial charge is 0.369 e. The minimum atomic E-state index is 0.282. The Hall–Kier alpha value is -0.250. The van der Waals surface area contributed by atoms with Crippen molar-refractivity contribution in [3.8, 4) is 0 Å². The van der Waals surface area contributed by atoms with Gasteiger partial charge in [0, 0.05) is 23.6 Å². The molecule has 1 aromatic rings. The number of nitrogens with two attached hydrogens (primary N) is 1. The first kappa shape index (κ1) is 10.3. The van der Waals surface area contributed by atoms with Crippen LogP contribution in [-0.4, -0.2) is 19.1 Å². The Morgan fingerprint density at radius 1 is 1.50 bits per heavy atom. The molecule has 1 unspecified atom stereocenters. The lowest BCUT2D eigenvalue weighted by Crippen LogP contribution is -2.26. The molecule has 1 aliphatic heterocycles. The monoisotopic (exact) mass is 274 g/mol. The Morgan fingerprint density at radius 3 is 2.93 bits per heavy atom. The van der Waals surface area contributed by atoms with Crippen LogP contribution in [0.25, 0.3) is 0 Å². The highest BCUT2D eigenvalue weighted by atomic mass is 79.9. The molecule has 0 radical (unpaired) electrons. The van der Waals surface area contributed by atoms with Gasteiger partial charge in [-0.25, -0.2) is 0 Å². The standard InChI is InChI=1S/C10H12BrClN2/c11-7-1-2-9(12)10(5-7)14-4-3-8(13)6-14/h1-2,5,8H,3-4,6,13H2. The number of hydrogen-bond acceptors (Lipinski definition) is 2. The Bertz CT molecular complexity index is 343. The van der Waals surface area contributed by atoms with Gasteiger partial charge in [0.25, 0.3) is 0 Å². The second-order valence-corrected chi connectivity index (χ2v) is 4.91. The van der Waals surface area contributed by atoms with E-state index in [0.29, 0.717) is 0 Å². The third kappa shape index (κ3) is 2.05. The van der Waals surface area contributed by atoms with E-state index in [9.17, 15) is 0 Å². The Morgan fingerprint density at radius 2 is 2.29 bits per heavy atom. The van der Waals surface area contributed by atoms with Crippen molar-refractivity contribution >= 4 is 33.2 Å². The zero-order valence-corrected chi connectivity index (χ0v) is 10.1. The van der Waals surface area contributed by atoms with Crippen LogP contribution >= 0.6 is 27.5 Å². The fourth-order valence-corrected chi connectivity index (χ4v) is 2.32. The molecule has 0 amide bonds. The smallest absolute Gasteiger partial charge is 0.0640 e. The lowest BCUT2D eigenvalue weighted by Gasteiger charge is -2.19. The molecule has 0 spiro atoms. The second-order valence-electron chi connectivity index (χ2n) is 3.59. The summed E-state index contributed by atoms with van der Waals surface area (Å²) in [6.45, 7) is 1.90. The molecule has 1 heterocycles. The van der Waals surface area contributed by atoms with Crippen molar-refractivity contribution in [2.45, 2.75) is 12.5 Å². The zero-order chi connectivity index (χ0) is 10.1. The van der Waals surface area contributed by atoms with Crippen LogP contribution in [0.5, 0.6) is 0 Å². The van der Waals surface area contributed by atoms with Crippen molar-refractivity contribution in [1.82, 2.24) is 0 Å². The number of halogens is 2. The van der Waals surface area contributed by atoms with E-state index in [1.165, 1.54) is 0 Å². The molecule has 0 aliphatic carbocycles. The molecule has 2 N–H and O–H groups in total. The summed E-state index contributed by atoms with van der Waals surface area (Å²) in [7, 11) is 0. The van der Waals surface area contributed by atoms with Gasteiger partial charge >= 0.3 is 0 Å². The summed E-state index contributed by atoms with van der Waals surface area (Å²) in [5.74, 6) is 0. The fourth-order valence-electron chi connectivity index (χ4n) is 1.73. The number of nitrogens with zero attached hydrogens (tertiary/aromatic N) is 1. The first-order chi connectivity index (χ1) is 6.66. The summed E-state index contributed by atoms with van der Waals surface area (Å²) >= 11 is 9.56. The SMILES string of the molecule is NC1CCN(c2cc(Br)ccc2Cl)C1. The third-order valence-corrected chi connectivity index (χ3v) is 3.29. The highest BCUT2D eigenvalue weighted by molar-refractivity contribution is 9.10. The molecule has 0 bridgehead atoms. The van der Waals surface area contributed by atoms with Crippen molar-refractivity contribution < 1.29 is 0 Å². The number of anilines is 1. The van der Waals surface area contributed by atoms with Gasteiger partial charge in [0.05, 0.1) is 10.7 Å². The number of benzene rings is 1. The minimum Gasteiger partial charge on any atom is -0.369 e. The predicted molar refractivity (Wildman–Crippen MR) is 64.0 cm³/mol. The summed E-state index contributed by atoms with van der Waals surface area (Å²) in [6, 6.07) is 6.18. The Labute approximate surface area is 97.2 Å². The molecule has 14 heavy (non-hydrogen) atoms. The first-order valence-electron chi connectivity index (χ1n) is 4.62. The van der Waals surface area contributed by atoms with Crippen LogP contribution in [0.1, 0.15) is 6.42 Å². The van der Waals surface area contributed by atoms with Gasteiger partial charge in [0.2, 0.25) is 0 Å². The van der Waals surface area contributed by atoms with E-state index < -0.39 is 0 Å². The average Bonchev–Trinajstić information content (AvgIpc) is 2.56. The molecule has 2 rings (SSSR count). The highest BCUT2D eigenvalue weighted by Crippen LogP contribution is 2.31. The van der Waals surface area contributed by atoms with Crippen molar-refractivity contribution in [2.75, 3.05) is 18.0 Å². The van der Waals surface area contributed by atoms with E-state index in [2.05, 4.69) is 20.8 Å². The van der Waals surface area contributed by atoms with Crippen LogP contribution in [0.2, 0.25) is 5.02 Å². The predicted octanol–water partition coefficient (Wildman–Crippen LogP) is 2.64.